The molecular weight excluding hydrogens is 272 g/mol. The van der Waals surface area contributed by atoms with E-state index < -0.39 is 11.4 Å². The summed E-state index contributed by atoms with van der Waals surface area (Å²) < 4.78 is 5.58. The molecule has 2 saturated heterocycles. The first-order valence-electron chi connectivity index (χ1n) is 7.89. The first kappa shape index (κ1) is 16.1. The molecule has 0 radical (unpaired) electrons. The lowest BCUT2D eigenvalue weighted by molar-refractivity contribution is -0.152. The van der Waals surface area contributed by atoms with E-state index in [1.165, 1.54) is 0 Å². The zero-order valence-electron chi connectivity index (χ0n) is 12.9. The van der Waals surface area contributed by atoms with Crippen LogP contribution in [0.15, 0.2) is 0 Å². The van der Waals surface area contributed by atoms with Gasteiger partial charge in [0.05, 0.1) is 17.6 Å². The third kappa shape index (κ3) is 3.48. The number of hydrogen-bond donors (Lipinski definition) is 2. The number of nitrogens with zero attached hydrogens (tertiary/aromatic N) is 1. The molecule has 3 atom stereocenters. The normalized spacial score (nSPS) is 31.0. The van der Waals surface area contributed by atoms with Gasteiger partial charge in [-0.15, -0.1) is 0 Å². The second-order valence-corrected chi connectivity index (χ2v) is 6.25. The fourth-order valence-electron chi connectivity index (χ4n) is 3.30. The van der Waals surface area contributed by atoms with Gasteiger partial charge in [-0.25, -0.2) is 4.79 Å². The Bertz CT molecular complexity index is 395. The van der Waals surface area contributed by atoms with Gasteiger partial charge in [0.25, 0.3) is 0 Å². The van der Waals surface area contributed by atoms with Crippen LogP contribution in [0, 0.1) is 5.41 Å². The Morgan fingerprint density at radius 3 is 2.81 bits per heavy atom. The summed E-state index contributed by atoms with van der Waals surface area (Å²) in [5.74, 6) is -0.797. The standard InChI is InChI=1S/C15H26N2O4/c1-3-15(13(18)19)7-5-8-17(10-15)14(20)16-11(2)12-6-4-9-21-12/h11-12H,3-10H2,1-2H3,(H,16,20)(H,18,19). The van der Waals surface area contributed by atoms with Crippen LogP contribution in [0.2, 0.25) is 0 Å². The number of carboxylic acids is 1. The first-order valence-corrected chi connectivity index (χ1v) is 7.89. The topological polar surface area (TPSA) is 78.9 Å². The van der Waals surface area contributed by atoms with Crippen molar-refractivity contribution < 1.29 is 19.4 Å². The van der Waals surface area contributed by atoms with Gasteiger partial charge < -0.3 is 20.1 Å². The molecule has 6 heteroatoms. The lowest BCUT2D eigenvalue weighted by Gasteiger charge is -2.39. The van der Waals surface area contributed by atoms with E-state index in [0.29, 0.717) is 25.9 Å². The monoisotopic (exact) mass is 298 g/mol. The number of likely N-dealkylation sites (tertiary alicyclic amines) is 1. The summed E-state index contributed by atoms with van der Waals surface area (Å²) in [6.45, 7) is 5.50. The molecule has 0 saturated carbocycles. The number of ether oxygens (including phenoxy) is 1. The van der Waals surface area contributed by atoms with Crippen molar-refractivity contribution in [2.45, 2.75) is 58.1 Å². The number of urea groups is 1. The average molecular weight is 298 g/mol. The molecule has 0 aromatic rings. The first-order chi connectivity index (χ1) is 9.98. The molecule has 2 amide bonds. The zero-order chi connectivity index (χ0) is 15.5. The Kier molecular flexibility index (Phi) is 5.08. The number of nitrogens with one attached hydrogen (secondary N) is 1. The van der Waals surface area contributed by atoms with Gasteiger partial charge in [-0.05, 0) is 39.0 Å². The predicted octanol–water partition coefficient (Wildman–Crippen LogP) is 1.84. The largest absolute Gasteiger partial charge is 0.481 e. The average Bonchev–Trinajstić information content (AvgIpc) is 3.01. The van der Waals surface area contributed by atoms with E-state index in [9.17, 15) is 14.7 Å². The SMILES string of the molecule is CCC1(C(=O)O)CCCN(C(=O)NC(C)C2CCCO2)C1. The van der Waals surface area contributed by atoms with Gasteiger partial charge in [-0.2, -0.15) is 0 Å². The van der Waals surface area contributed by atoms with Crippen LogP contribution in [0.4, 0.5) is 4.79 Å². The number of carbonyl (C=O) groups is 2. The summed E-state index contributed by atoms with van der Waals surface area (Å²) in [5.41, 5.74) is -0.789. The summed E-state index contributed by atoms with van der Waals surface area (Å²) in [4.78, 5) is 25.5. The molecule has 2 fully saturated rings. The third-order valence-corrected chi connectivity index (χ3v) is 4.87. The van der Waals surface area contributed by atoms with Gasteiger partial charge in [0.2, 0.25) is 0 Å². The van der Waals surface area contributed by atoms with Crippen LogP contribution in [0.1, 0.15) is 46.0 Å². The van der Waals surface area contributed by atoms with Crippen LogP contribution in [-0.4, -0.2) is 53.8 Å². The highest BCUT2D eigenvalue weighted by Crippen LogP contribution is 2.33. The molecule has 0 aliphatic carbocycles. The molecular formula is C15H26N2O4. The van der Waals surface area contributed by atoms with Crippen LogP contribution in [0.3, 0.4) is 0 Å². The van der Waals surface area contributed by atoms with Crippen molar-refractivity contribution in [1.82, 2.24) is 10.2 Å². The van der Waals surface area contributed by atoms with E-state index in [-0.39, 0.29) is 18.2 Å². The summed E-state index contributed by atoms with van der Waals surface area (Å²) >= 11 is 0. The lowest BCUT2D eigenvalue weighted by atomic mass is 9.78. The second-order valence-electron chi connectivity index (χ2n) is 6.25. The molecule has 2 heterocycles. The van der Waals surface area contributed by atoms with Gasteiger partial charge in [-0.3, -0.25) is 4.79 Å². The number of rotatable bonds is 4. The van der Waals surface area contributed by atoms with Crippen molar-refractivity contribution in [2.24, 2.45) is 5.41 Å². The Balaban J connectivity index is 1.94. The Morgan fingerprint density at radius 2 is 2.24 bits per heavy atom. The fraction of sp³-hybridized carbons (Fsp3) is 0.867. The van der Waals surface area contributed by atoms with Crippen LogP contribution < -0.4 is 5.32 Å². The Morgan fingerprint density at radius 1 is 1.48 bits per heavy atom. The molecule has 6 nitrogen and oxygen atoms in total. The van der Waals surface area contributed by atoms with Gasteiger partial charge in [-0.1, -0.05) is 6.92 Å². The number of piperidine rings is 1. The van der Waals surface area contributed by atoms with Gasteiger partial charge in [0.1, 0.15) is 0 Å². The molecule has 120 valence electrons. The molecule has 0 spiro atoms. The van der Waals surface area contributed by atoms with E-state index in [1.807, 2.05) is 13.8 Å². The molecule has 2 aliphatic rings. The van der Waals surface area contributed by atoms with Crippen LogP contribution in [0.25, 0.3) is 0 Å². The minimum absolute atomic E-state index is 0.0391. The molecule has 2 rings (SSSR count). The molecule has 2 N–H and O–H groups in total. The smallest absolute Gasteiger partial charge is 0.317 e. The van der Waals surface area contributed by atoms with Crippen molar-refractivity contribution in [3.63, 3.8) is 0 Å². The highest BCUT2D eigenvalue weighted by atomic mass is 16.5. The molecule has 0 bridgehead atoms. The molecule has 21 heavy (non-hydrogen) atoms. The van der Waals surface area contributed by atoms with E-state index >= 15 is 0 Å². The Hall–Kier alpha value is -1.30. The summed E-state index contributed by atoms with van der Waals surface area (Å²) in [7, 11) is 0. The highest BCUT2D eigenvalue weighted by molar-refractivity contribution is 5.79. The number of carboxylic acid groups (broad SMARTS) is 1. The van der Waals surface area contributed by atoms with Crippen molar-refractivity contribution >= 4 is 12.0 Å². The highest BCUT2D eigenvalue weighted by Gasteiger charge is 2.42. The molecule has 3 unspecified atom stereocenters. The van der Waals surface area contributed by atoms with Gasteiger partial charge >= 0.3 is 12.0 Å². The number of carbonyl (C=O) groups excluding carboxylic acids is 1. The number of hydrogen-bond acceptors (Lipinski definition) is 3. The van der Waals surface area contributed by atoms with Crippen LogP contribution in [-0.2, 0) is 9.53 Å². The Labute approximate surface area is 125 Å². The minimum atomic E-state index is -0.797. The van der Waals surface area contributed by atoms with E-state index in [4.69, 9.17) is 4.74 Å². The van der Waals surface area contributed by atoms with Crippen molar-refractivity contribution in [2.75, 3.05) is 19.7 Å². The minimum Gasteiger partial charge on any atom is -0.481 e. The predicted molar refractivity (Wildman–Crippen MR) is 78.1 cm³/mol. The van der Waals surface area contributed by atoms with Crippen molar-refractivity contribution in [1.29, 1.82) is 0 Å². The third-order valence-electron chi connectivity index (χ3n) is 4.87. The maximum absolute atomic E-state index is 12.4. The zero-order valence-corrected chi connectivity index (χ0v) is 12.9. The van der Waals surface area contributed by atoms with E-state index in [2.05, 4.69) is 5.32 Å². The maximum Gasteiger partial charge on any atom is 0.317 e. The summed E-state index contributed by atoms with van der Waals surface area (Å²) in [6, 6.07) is -0.209. The van der Waals surface area contributed by atoms with Crippen LogP contribution >= 0.6 is 0 Å². The van der Waals surface area contributed by atoms with Gasteiger partial charge in [0.15, 0.2) is 0 Å². The molecule has 2 aliphatic heterocycles. The van der Waals surface area contributed by atoms with Crippen LogP contribution in [0.5, 0.6) is 0 Å². The van der Waals surface area contributed by atoms with E-state index in [0.717, 1.165) is 25.9 Å². The second kappa shape index (κ2) is 6.64. The molecule has 0 aromatic carbocycles. The fourth-order valence-corrected chi connectivity index (χ4v) is 3.30. The van der Waals surface area contributed by atoms with Gasteiger partial charge in [0, 0.05) is 19.7 Å². The van der Waals surface area contributed by atoms with E-state index in [1.54, 1.807) is 4.90 Å². The molecule has 0 aromatic heterocycles. The number of amides is 2. The summed E-state index contributed by atoms with van der Waals surface area (Å²) in [6.07, 6.45) is 4.01. The van der Waals surface area contributed by atoms with Crippen molar-refractivity contribution in [3.8, 4) is 0 Å². The maximum atomic E-state index is 12.4. The lowest BCUT2D eigenvalue weighted by Crippen LogP contribution is -2.55. The van der Waals surface area contributed by atoms with Crippen molar-refractivity contribution in [3.05, 3.63) is 0 Å². The quantitative estimate of drug-likeness (QED) is 0.830. The number of aliphatic carboxylic acids is 1. The summed E-state index contributed by atoms with van der Waals surface area (Å²) in [5, 5.41) is 12.4.